The summed E-state index contributed by atoms with van der Waals surface area (Å²) in [6.07, 6.45) is 6.17. The van der Waals surface area contributed by atoms with E-state index >= 15 is 0 Å². The lowest BCUT2D eigenvalue weighted by Gasteiger charge is -2.40. The number of hydrogen-bond acceptors (Lipinski definition) is 2. The van der Waals surface area contributed by atoms with E-state index in [9.17, 15) is 14.7 Å². The zero-order valence-corrected chi connectivity index (χ0v) is 14.0. The first kappa shape index (κ1) is 15.8. The fraction of sp³-hybridized carbons (Fsp3) is 0.889. The molecule has 0 radical (unpaired) electrons. The Balaban J connectivity index is 1.68. The topological polar surface area (TPSA) is 66.4 Å². The number of carbonyl (C=O) groups is 2. The molecule has 6 atom stereocenters. The van der Waals surface area contributed by atoms with Gasteiger partial charge in [0.15, 0.2) is 0 Å². The van der Waals surface area contributed by atoms with E-state index in [1.54, 1.807) is 0 Å². The molecule has 0 saturated heterocycles. The van der Waals surface area contributed by atoms with Crippen LogP contribution in [0.2, 0.25) is 0 Å². The van der Waals surface area contributed by atoms with Crippen LogP contribution in [0.25, 0.3) is 0 Å². The predicted octanol–water partition coefficient (Wildman–Crippen LogP) is 3.06. The lowest BCUT2D eigenvalue weighted by molar-refractivity contribution is -0.149. The summed E-state index contributed by atoms with van der Waals surface area (Å²) in [6, 6.07) is 0.208. The van der Waals surface area contributed by atoms with Crippen LogP contribution in [0.1, 0.15) is 59.3 Å². The number of rotatable bonds is 3. The van der Waals surface area contributed by atoms with Gasteiger partial charge in [-0.2, -0.15) is 0 Å². The molecule has 0 aromatic heterocycles. The zero-order valence-electron chi connectivity index (χ0n) is 14.0. The van der Waals surface area contributed by atoms with Gasteiger partial charge in [-0.25, -0.2) is 0 Å². The third kappa shape index (κ3) is 2.89. The van der Waals surface area contributed by atoms with Crippen LogP contribution in [0.5, 0.6) is 0 Å². The molecule has 0 heterocycles. The lowest BCUT2D eigenvalue weighted by Crippen LogP contribution is -2.48. The second kappa shape index (κ2) is 5.54. The number of amides is 1. The molecular formula is C18H29NO3. The molecule has 0 unspecified atom stereocenters. The van der Waals surface area contributed by atoms with Gasteiger partial charge < -0.3 is 10.4 Å². The molecule has 2 bridgehead atoms. The second-order valence-electron chi connectivity index (χ2n) is 8.84. The Morgan fingerprint density at radius 2 is 1.68 bits per heavy atom. The van der Waals surface area contributed by atoms with Crippen molar-refractivity contribution in [1.29, 1.82) is 0 Å². The Hall–Kier alpha value is -1.06. The number of carboxylic acids is 1. The van der Waals surface area contributed by atoms with Crippen LogP contribution in [0.3, 0.4) is 0 Å². The molecule has 1 amide bonds. The van der Waals surface area contributed by atoms with Crippen molar-refractivity contribution in [3.63, 3.8) is 0 Å². The van der Waals surface area contributed by atoms with Crippen molar-refractivity contribution in [3.8, 4) is 0 Å². The van der Waals surface area contributed by atoms with Gasteiger partial charge in [-0.15, -0.1) is 0 Å². The lowest BCUT2D eigenvalue weighted by atomic mass is 9.70. The van der Waals surface area contributed by atoms with Gasteiger partial charge in [0.25, 0.3) is 0 Å². The van der Waals surface area contributed by atoms with E-state index in [0.29, 0.717) is 11.8 Å². The van der Waals surface area contributed by atoms with Gasteiger partial charge >= 0.3 is 5.97 Å². The molecule has 2 N–H and O–H groups in total. The highest BCUT2D eigenvalue weighted by molar-refractivity contribution is 5.86. The van der Waals surface area contributed by atoms with Gasteiger partial charge in [-0.3, -0.25) is 9.59 Å². The first-order valence-electron chi connectivity index (χ1n) is 8.80. The molecule has 3 saturated carbocycles. The Morgan fingerprint density at radius 3 is 2.27 bits per heavy atom. The van der Waals surface area contributed by atoms with Crippen molar-refractivity contribution in [1.82, 2.24) is 5.32 Å². The summed E-state index contributed by atoms with van der Waals surface area (Å²) in [5.41, 5.74) is 0.260. The minimum atomic E-state index is -0.773. The Labute approximate surface area is 133 Å². The van der Waals surface area contributed by atoms with Crippen molar-refractivity contribution in [2.24, 2.45) is 35.0 Å². The molecule has 0 aromatic rings. The molecule has 0 aromatic carbocycles. The maximum absolute atomic E-state index is 12.8. The second-order valence-corrected chi connectivity index (χ2v) is 8.84. The molecule has 3 rings (SSSR count). The maximum Gasteiger partial charge on any atom is 0.307 e. The SMILES string of the molecule is C[C@H]1C[C@@H](NC(=O)[C@@H]2[C@@H]3CC[C@@H](C3)[C@@H]2C(=O)O)CC(C)(C)C1. The normalized spacial score (nSPS) is 43.0. The van der Waals surface area contributed by atoms with Crippen LogP contribution in [0.4, 0.5) is 0 Å². The first-order chi connectivity index (χ1) is 10.3. The number of aliphatic carboxylic acids is 1. The van der Waals surface area contributed by atoms with E-state index < -0.39 is 11.9 Å². The van der Waals surface area contributed by atoms with Crippen LogP contribution in [0, 0.1) is 35.0 Å². The molecule has 3 aliphatic carbocycles. The Kier molecular flexibility index (Phi) is 3.98. The molecule has 0 spiro atoms. The maximum atomic E-state index is 12.8. The summed E-state index contributed by atoms with van der Waals surface area (Å²) in [4.78, 5) is 24.3. The first-order valence-corrected chi connectivity index (χ1v) is 8.80. The third-order valence-corrected chi connectivity index (χ3v) is 6.24. The van der Waals surface area contributed by atoms with E-state index in [4.69, 9.17) is 0 Å². The van der Waals surface area contributed by atoms with Gasteiger partial charge in [0.2, 0.25) is 5.91 Å². The fourth-order valence-electron chi connectivity index (χ4n) is 5.78. The Morgan fingerprint density at radius 1 is 1.05 bits per heavy atom. The molecular weight excluding hydrogens is 278 g/mol. The molecule has 4 heteroatoms. The van der Waals surface area contributed by atoms with Crippen LogP contribution >= 0.6 is 0 Å². The highest BCUT2D eigenvalue weighted by Gasteiger charge is 2.54. The van der Waals surface area contributed by atoms with Gasteiger partial charge in [0, 0.05) is 6.04 Å². The summed E-state index contributed by atoms with van der Waals surface area (Å²) in [7, 11) is 0. The van der Waals surface area contributed by atoms with E-state index in [-0.39, 0.29) is 29.2 Å². The Bertz CT molecular complexity index is 473. The summed E-state index contributed by atoms with van der Waals surface area (Å²) in [6.45, 7) is 6.77. The zero-order chi connectivity index (χ0) is 16.1. The van der Waals surface area contributed by atoms with Crippen LogP contribution in [-0.2, 0) is 9.59 Å². The highest BCUT2D eigenvalue weighted by Crippen LogP contribution is 2.52. The number of hydrogen-bond donors (Lipinski definition) is 2. The van der Waals surface area contributed by atoms with Crippen LogP contribution in [0.15, 0.2) is 0 Å². The number of fused-ring (bicyclic) bond motifs is 2. The van der Waals surface area contributed by atoms with Gasteiger partial charge in [-0.05, 0) is 61.7 Å². The van der Waals surface area contributed by atoms with Crippen molar-refractivity contribution in [2.75, 3.05) is 0 Å². The highest BCUT2D eigenvalue weighted by atomic mass is 16.4. The minimum Gasteiger partial charge on any atom is -0.481 e. The molecule has 22 heavy (non-hydrogen) atoms. The molecule has 3 aliphatic rings. The van der Waals surface area contributed by atoms with Crippen LogP contribution in [-0.4, -0.2) is 23.0 Å². The van der Waals surface area contributed by atoms with Gasteiger partial charge in [0.1, 0.15) is 0 Å². The summed E-state index contributed by atoms with van der Waals surface area (Å²) < 4.78 is 0. The smallest absolute Gasteiger partial charge is 0.307 e. The van der Waals surface area contributed by atoms with E-state index in [1.807, 2.05) is 0 Å². The average molecular weight is 307 g/mol. The van der Waals surface area contributed by atoms with Crippen molar-refractivity contribution >= 4 is 11.9 Å². The number of carbonyl (C=O) groups excluding carboxylic acids is 1. The molecule has 0 aliphatic heterocycles. The van der Waals surface area contributed by atoms with Gasteiger partial charge in [0.05, 0.1) is 11.8 Å². The van der Waals surface area contributed by atoms with E-state index in [1.165, 1.54) is 6.42 Å². The average Bonchev–Trinajstić information content (AvgIpc) is 2.95. The van der Waals surface area contributed by atoms with E-state index in [2.05, 4.69) is 26.1 Å². The minimum absolute atomic E-state index is 0.00880. The molecule has 124 valence electrons. The largest absolute Gasteiger partial charge is 0.481 e. The quantitative estimate of drug-likeness (QED) is 0.842. The fourth-order valence-corrected chi connectivity index (χ4v) is 5.78. The standard InChI is InChI=1S/C18H29NO3/c1-10-6-13(9-18(2,3)8-10)19-16(20)14-11-4-5-12(7-11)15(14)17(21)22/h10-15H,4-9H2,1-3H3,(H,19,20)(H,21,22)/t10-,11+,12-,13+,14+,15-/m0/s1. The monoisotopic (exact) mass is 307 g/mol. The summed E-state index contributed by atoms with van der Waals surface area (Å²) in [5.74, 6) is -0.381. The number of nitrogens with one attached hydrogen (secondary N) is 1. The third-order valence-electron chi connectivity index (χ3n) is 6.24. The molecule has 4 nitrogen and oxygen atoms in total. The van der Waals surface area contributed by atoms with Crippen molar-refractivity contribution < 1.29 is 14.7 Å². The summed E-state index contributed by atoms with van der Waals surface area (Å²) in [5, 5.41) is 12.7. The van der Waals surface area contributed by atoms with Gasteiger partial charge in [-0.1, -0.05) is 20.8 Å². The predicted molar refractivity (Wildman–Crippen MR) is 84.2 cm³/mol. The van der Waals surface area contributed by atoms with Crippen LogP contribution < -0.4 is 5.32 Å². The van der Waals surface area contributed by atoms with Crippen molar-refractivity contribution in [2.45, 2.75) is 65.3 Å². The van der Waals surface area contributed by atoms with Crippen molar-refractivity contribution in [3.05, 3.63) is 0 Å². The number of carboxylic acid groups (broad SMARTS) is 1. The molecule has 3 fully saturated rings. The van der Waals surface area contributed by atoms with E-state index in [0.717, 1.165) is 32.1 Å². The summed E-state index contributed by atoms with van der Waals surface area (Å²) >= 11 is 0.